The quantitative estimate of drug-likeness (QED) is 0.582. The van der Waals surface area contributed by atoms with E-state index in [0.29, 0.717) is 13.0 Å². The molecule has 0 spiro atoms. The van der Waals surface area contributed by atoms with Crippen LogP contribution in [0.2, 0.25) is 0 Å². The van der Waals surface area contributed by atoms with E-state index in [-0.39, 0.29) is 11.9 Å². The fourth-order valence-corrected chi connectivity index (χ4v) is 3.55. The third kappa shape index (κ3) is 3.62. The minimum absolute atomic E-state index is 0.128. The van der Waals surface area contributed by atoms with Crippen LogP contribution in [-0.4, -0.2) is 43.0 Å². The lowest BCUT2D eigenvalue weighted by Gasteiger charge is -2.48. The molecule has 0 saturated carbocycles. The summed E-state index contributed by atoms with van der Waals surface area (Å²) in [5.74, 6) is 0.598. The summed E-state index contributed by atoms with van der Waals surface area (Å²) in [6.45, 7) is 3.92. The van der Waals surface area contributed by atoms with Crippen LogP contribution in [0.4, 0.5) is 5.69 Å². The summed E-state index contributed by atoms with van der Waals surface area (Å²) in [5.41, 5.74) is 2.01. The molecule has 0 aromatic heterocycles. The van der Waals surface area contributed by atoms with Crippen molar-refractivity contribution in [3.8, 4) is 5.75 Å². The molecule has 5 heteroatoms. The molecule has 1 fully saturated rings. The van der Waals surface area contributed by atoms with Gasteiger partial charge in [-0.3, -0.25) is 4.79 Å². The second-order valence-corrected chi connectivity index (χ2v) is 6.47. The highest BCUT2D eigenvalue weighted by Gasteiger charge is 2.52. The first-order chi connectivity index (χ1) is 12.2. The van der Waals surface area contributed by atoms with Crippen LogP contribution in [0, 0.1) is 0 Å². The highest BCUT2D eigenvalue weighted by Crippen LogP contribution is 2.35. The summed E-state index contributed by atoms with van der Waals surface area (Å²) in [6, 6.07) is 6.89. The first-order valence-electron chi connectivity index (χ1n) is 8.71. The summed E-state index contributed by atoms with van der Waals surface area (Å²) < 4.78 is 10.8. The van der Waals surface area contributed by atoms with Crippen LogP contribution in [0.5, 0.6) is 5.75 Å². The molecule has 1 aliphatic heterocycles. The number of methoxy groups -OCH3 is 1. The van der Waals surface area contributed by atoms with Crippen molar-refractivity contribution in [2.75, 3.05) is 18.6 Å². The zero-order valence-electron chi connectivity index (χ0n) is 14.6. The van der Waals surface area contributed by atoms with E-state index in [1.54, 1.807) is 18.1 Å². The maximum atomic E-state index is 12.6. The number of allylic oxidation sites excluding steroid dienone is 1. The number of amides is 1. The lowest BCUT2D eigenvalue weighted by Crippen LogP contribution is -2.70. The summed E-state index contributed by atoms with van der Waals surface area (Å²) in [4.78, 5) is 14.2. The molecule has 3 atom stereocenters. The number of rotatable bonds is 8. The maximum absolute atomic E-state index is 12.6. The van der Waals surface area contributed by atoms with Gasteiger partial charge in [-0.25, -0.2) is 0 Å². The summed E-state index contributed by atoms with van der Waals surface area (Å²) >= 11 is 0. The molecule has 0 unspecified atom stereocenters. The van der Waals surface area contributed by atoms with E-state index >= 15 is 0 Å². The monoisotopic (exact) mass is 343 g/mol. The van der Waals surface area contributed by atoms with Gasteiger partial charge < -0.3 is 19.5 Å². The van der Waals surface area contributed by atoms with E-state index in [2.05, 4.69) is 12.7 Å². The molecule has 134 valence electrons. The second kappa shape index (κ2) is 7.85. The highest BCUT2D eigenvalue weighted by molar-refractivity contribution is 6.05. The molecule has 1 heterocycles. The zero-order chi connectivity index (χ0) is 17.8. The topological polar surface area (TPSA) is 59.0 Å². The molecule has 1 aromatic carbocycles. The minimum atomic E-state index is -0.654. The van der Waals surface area contributed by atoms with Crippen LogP contribution in [0.25, 0.3) is 0 Å². The van der Waals surface area contributed by atoms with Crippen molar-refractivity contribution in [2.24, 2.45) is 0 Å². The van der Waals surface area contributed by atoms with Crippen LogP contribution >= 0.6 is 0 Å². The molecular weight excluding hydrogens is 318 g/mol. The number of carbonyl (C=O) groups is 1. The van der Waals surface area contributed by atoms with E-state index in [1.807, 2.05) is 24.3 Å². The smallest absolute Gasteiger partial charge is 0.258 e. The Morgan fingerprint density at radius 1 is 1.40 bits per heavy atom. The van der Waals surface area contributed by atoms with Gasteiger partial charge in [0.2, 0.25) is 0 Å². The third-order valence-electron chi connectivity index (χ3n) is 4.83. The average molecular weight is 343 g/mol. The van der Waals surface area contributed by atoms with Crippen LogP contribution in [0.15, 0.2) is 48.6 Å². The van der Waals surface area contributed by atoms with Crippen LogP contribution < -0.4 is 9.64 Å². The number of aliphatic hydroxyl groups excluding tert-OH is 1. The van der Waals surface area contributed by atoms with Gasteiger partial charge in [-0.05, 0) is 49.9 Å². The molecule has 1 N–H and O–H groups in total. The van der Waals surface area contributed by atoms with Gasteiger partial charge in [0.1, 0.15) is 5.75 Å². The Labute approximate surface area is 148 Å². The molecule has 3 rings (SSSR count). The van der Waals surface area contributed by atoms with Gasteiger partial charge >= 0.3 is 0 Å². The Morgan fingerprint density at radius 3 is 2.76 bits per heavy atom. The number of β-lactam (4-membered cyclic amide) rings is 1. The van der Waals surface area contributed by atoms with Gasteiger partial charge in [-0.2, -0.15) is 0 Å². The number of ether oxygens (including phenoxy) is 2. The Balaban J connectivity index is 1.78. The largest absolute Gasteiger partial charge is 0.497 e. The minimum Gasteiger partial charge on any atom is -0.497 e. The molecule has 25 heavy (non-hydrogen) atoms. The van der Waals surface area contributed by atoms with E-state index < -0.39 is 12.2 Å². The number of aliphatic hydroxyl groups is 1. The summed E-state index contributed by atoms with van der Waals surface area (Å²) in [6.07, 6.45) is 6.36. The second-order valence-electron chi connectivity index (χ2n) is 6.47. The normalized spacial score (nSPS) is 23.8. The number of hydrogen-bond donors (Lipinski definition) is 1. The van der Waals surface area contributed by atoms with Crippen molar-refractivity contribution in [1.29, 1.82) is 0 Å². The first kappa shape index (κ1) is 17.7. The van der Waals surface area contributed by atoms with Gasteiger partial charge in [0, 0.05) is 5.69 Å². The highest BCUT2D eigenvalue weighted by atomic mass is 16.5. The fraction of sp³-hybridized carbons (Fsp3) is 0.450. The van der Waals surface area contributed by atoms with Gasteiger partial charge in [0.15, 0.2) is 6.10 Å². The van der Waals surface area contributed by atoms with E-state index in [4.69, 9.17) is 9.47 Å². The number of nitrogens with zero attached hydrogens (tertiary/aromatic N) is 1. The fourth-order valence-electron chi connectivity index (χ4n) is 3.55. The molecule has 1 aliphatic carbocycles. The Hall–Kier alpha value is -2.11. The number of anilines is 1. The van der Waals surface area contributed by atoms with Gasteiger partial charge in [-0.15, -0.1) is 6.58 Å². The molecule has 1 amide bonds. The molecule has 0 bridgehead atoms. The Morgan fingerprint density at radius 2 is 2.16 bits per heavy atom. The maximum Gasteiger partial charge on any atom is 0.258 e. The summed E-state index contributed by atoms with van der Waals surface area (Å²) in [5, 5.41) is 10.8. The zero-order valence-corrected chi connectivity index (χ0v) is 14.6. The predicted molar refractivity (Wildman–Crippen MR) is 96.8 cm³/mol. The van der Waals surface area contributed by atoms with Crippen molar-refractivity contribution >= 4 is 11.6 Å². The van der Waals surface area contributed by atoms with E-state index in [0.717, 1.165) is 30.7 Å². The van der Waals surface area contributed by atoms with Crippen molar-refractivity contribution in [2.45, 2.75) is 43.9 Å². The molecule has 1 aromatic rings. The lowest BCUT2D eigenvalue weighted by atomic mass is 9.88. The van der Waals surface area contributed by atoms with Crippen LogP contribution in [-0.2, 0) is 9.53 Å². The Bertz CT molecular complexity index is 652. The molecular formula is C20H25NO4. The first-order valence-corrected chi connectivity index (χ1v) is 8.71. The van der Waals surface area contributed by atoms with Crippen molar-refractivity contribution in [3.05, 3.63) is 48.6 Å². The van der Waals surface area contributed by atoms with Gasteiger partial charge in [0.25, 0.3) is 5.91 Å². The van der Waals surface area contributed by atoms with Crippen LogP contribution in [0.1, 0.15) is 25.7 Å². The predicted octanol–water partition coefficient (Wildman–Crippen LogP) is 2.84. The van der Waals surface area contributed by atoms with Crippen LogP contribution in [0.3, 0.4) is 0 Å². The molecule has 5 nitrogen and oxygen atoms in total. The van der Waals surface area contributed by atoms with Crippen molar-refractivity contribution < 1.29 is 19.4 Å². The van der Waals surface area contributed by atoms with Gasteiger partial charge in [-0.1, -0.05) is 17.7 Å². The van der Waals surface area contributed by atoms with Gasteiger partial charge in [0.05, 0.1) is 25.9 Å². The molecule has 0 radical (unpaired) electrons. The lowest BCUT2D eigenvalue weighted by molar-refractivity contribution is -0.145. The molecule has 2 aliphatic rings. The third-order valence-corrected chi connectivity index (χ3v) is 4.83. The number of hydrogen-bond acceptors (Lipinski definition) is 4. The summed E-state index contributed by atoms with van der Waals surface area (Å²) in [7, 11) is 1.60. The van der Waals surface area contributed by atoms with E-state index in [1.165, 1.54) is 5.57 Å². The van der Waals surface area contributed by atoms with E-state index in [9.17, 15) is 9.90 Å². The van der Waals surface area contributed by atoms with Crippen molar-refractivity contribution in [1.82, 2.24) is 0 Å². The van der Waals surface area contributed by atoms with Crippen molar-refractivity contribution in [3.63, 3.8) is 0 Å². The SMILES string of the molecule is C=CCO[C@H]1C(=O)N(c2ccc(OC)cc2)[C@H]1[C@H](O)CC1=CCCC1. The standard InChI is InChI=1S/C20H25NO4/c1-3-12-25-19-18(17(22)13-14-6-4-5-7-14)21(20(19)23)15-8-10-16(24-2)11-9-15/h3,6,8-11,17-19,22H,1,4-5,7,12-13H2,2H3/t17-,18+,19-/m1/s1. The molecule has 1 saturated heterocycles. The average Bonchev–Trinajstić information content (AvgIpc) is 3.13. The Kier molecular flexibility index (Phi) is 5.56. The number of carbonyl (C=O) groups excluding carboxylic acids is 1. The number of benzene rings is 1.